The number of nitrogens with zero attached hydrogens (tertiary/aromatic N) is 1. The summed E-state index contributed by atoms with van der Waals surface area (Å²) >= 11 is 1.19. The molecule has 0 aliphatic rings. The number of carbonyl (C=O) groups excluding carboxylic acids is 1. The molecule has 2 aromatic rings. The van der Waals surface area contributed by atoms with Crippen molar-refractivity contribution in [3.8, 4) is 0 Å². The Hall–Kier alpha value is -2.02. The molecule has 2 rings (SSSR count). The summed E-state index contributed by atoms with van der Waals surface area (Å²) in [4.78, 5) is 15.9. The van der Waals surface area contributed by atoms with E-state index in [1.54, 1.807) is 0 Å². The molecule has 0 radical (unpaired) electrons. The van der Waals surface area contributed by atoms with E-state index >= 15 is 0 Å². The van der Waals surface area contributed by atoms with Crippen molar-refractivity contribution in [1.29, 1.82) is 0 Å². The molecule has 0 bridgehead atoms. The third kappa shape index (κ3) is 3.51. The molecule has 0 unspecified atom stereocenters. The molecule has 20 heavy (non-hydrogen) atoms. The van der Waals surface area contributed by atoms with E-state index in [0.29, 0.717) is 10.9 Å². The van der Waals surface area contributed by atoms with Crippen molar-refractivity contribution >= 4 is 29.0 Å². The minimum atomic E-state index is -0.444. The number of nitrogen functional groups attached to an aromatic ring is 1. The van der Waals surface area contributed by atoms with Crippen molar-refractivity contribution in [2.45, 2.75) is 19.1 Å². The van der Waals surface area contributed by atoms with Crippen LogP contribution in [0, 0.1) is 19.7 Å². The topological polar surface area (TPSA) is 81.2 Å². The average molecular weight is 295 g/mol. The molecule has 1 aromatic heterocycles. The molecule has 0 aliphatic carbocycles. The highest BCUT2D eigenvalue weighted by molar-refractivity contribution is 7.99. The second-order valence-electron chi connectivity index (χ2n) is 4.19. The van der Waals surface area contributed by atoms with Crippen LogP contribution in [0.2, 0.25) is 0 Å². The Bertz CT molecular complexity index is 623. The molecule has 0 saturated carbocycles. The minimum Gasteiger partial charge on any atom is -0.437 e. The zero-order valence-corrected chi connectivity index (χ0v) is 11.9. The highest BCUT2D eigenvalue weighted by Gasteiger charge is 2.10. The Morgan fingerprint density at radius 3 is 2.85 bits per heavy atom. The number of benzene rings is 1. The molecule has 0 spiro atoms. The Kier molecular flexibility index (Phi) is 4.29. The van der Waals surface area contributed by atoms with Crippen LogP contribution >= 0.6 is 11.8 Å². The van der Waals surface area contributed by atoms with Gasteiger partial charge in [0.25, 0.3) is 5.22 Å². The van der Waals surface area contributed by atoms with E-state index in [1.165, 1.54) is 23.9 Å². The number of hydrogen-bond donors (Lipinski definition) is 2. The molecule has 1 amide bonds. The summed E-state index contributed by atoms with van der Waals surface area (Å²) in [5, 5.41) is 3.05. The highest BCUT2D eigenvalue weighted by atomic mass is 32.2. The Morgan fingerprint density at radius 1 is 1.50 bits per heavy atom. The Morgan fingerprint density at radius 2 is 2.25 bits per heavy atom. The maximum absolute atomic E-state index is 12.9. The quantitative estimate of drug-likeness (QED) is 0.669. The van der Waals surface area contributed by atoms with Gasteiger partial charge in [0.15, 0.2) is 0 Å². The van der Waals surface area contributed by atoms with Gasteiger partial charge < -0.3 is 15.5 Å². The molecule has 0 aliphatic heterocycles. The first-order chi connectivity index (χ1) is 9.45. The maximum atomic E-state index is 12.9. The van der Waals surface area contributed by atoms with E-state index < -0.39 is 5.82 Å². The summed E-state index contributed by atoms with van der Waals surface area (Å²) in [5.41, 5.74) is 6.98. The third-order valence-corrected chi connectivity index (χ3v) is 3.45. The number of aromatic nitrogens is 1. The zero-order valence-electron chi connectivity index (χ0n) is 11.1. The monoisotopic (exact) mass is 295 g/mol. The number of nitrogens with two attached hydrogens (primary N) is 1. The molecule has 5 nitrogen and oxygen atoms in total. The van der Waals surface area contributed by atoms with Gasteiger partial charge in [-0.25, -0.2) is 9.37 Å². The van der Waals surface area contributed by atoms with Gasteiger partial charge in [0, 0.05) is 0 Å². The largest absolute Gasteiger partial charge is 0.437 e. The molecule has 0 saturated heterocycles. The van der Waals surface area contributed by atoms with Crippen molar-refractivity contribution in [1.82, 2.24) is 4.98 Å². The lowest BCUT2D eigenvalue weighted by Crippen LogP contribution is -2.15. The summed E-state index contributed by atoms with van der Waals surface area (Å²) in [5.74, 6) is 0.161. The number of anilines is 2. The van der Waals surface area contributed by atoms with Crippen LogP contribution in [-0.2, 0) is 4.79 Å². The van der Waals surface area contributed by atoms with Crippen LogP contribution in [0.1, 0.15) is 11.5 Å². The number of rotatable bonds is 4. The van der Waals surface area contributed by atoms with E-state index in [4.69, 9.17) is 10.2 Å². The molecular formula is C13H14FN3O2S. The van der Waals surface area contributed by atoms with E-state index in [9.17, 15) is 9.18 Å². The van der Waals surface area contributed by atoms with Gasteiger partial charge >= 0.3 is 0 Å². The van der Waals surface area contributed by atoms with Gasteiger partial charge in [-0.1, -0.05) is 11.8 Å². The predicted molar refractivity (Wildman–Crippen MR) is 76.1 cm³/mol. The Balaban J connectivity index is 1.92. The molecule has 1 heterocycles. The van der Waals surface area contributed by atoms with Crippen LogP contribution in [0.25, 0.3) is 0 Å². The van der Waals surface area contributed by atoms with Crippen LogP contribution in [0.4, 0.5) is 15.8 Å². The SMILES string of the molecule is Cc1nc(SCC(=O)Nc2ccc(F)cc2N)oc1C. The summed E-state index contributed by atoms with van der Waals surface area (Å²) in [7, 11) is 0. The van der Waals surface area contributed by atoms with Crippen LogP contribution in [0.15, 0.2) is 27.8 Å². The number of aryl methyl sites for hydroxylation is 2. The first-order valence-electron chi connectivity index (χ1n) is 5.87. The number of carbonyl (C=O) groups is 1. The van der Waals surface area contributed by atoms with Gasteiger partial charge in [-0.15, -0.1) is 0 Å². The molecule has 0 fully saturated rings. The first-order valence-corrected chi connectivity index (χ1v) is 6.86. The average Bonchev–Trinajstić information content (AvgIpc) is 2.70. The number of hydrogen-bond acceptors (Lipinski definition) is 5. The lowest BCUT2D eigenvalue weighted by Gasteiger charge is -2.07. The fraction of sp³-hybridized carbons (Fsp3) is 0.231. The fourth-order valence-corrected chi connectivity index (χ4v) is 2.18. The van der Waals surface area contributed by atoms with E-state index in [1.807, 2.05) is 13.8 Å². The highest BCUT2D eigenvalue weighted by Crippen LogP contribution is 2.22. The van der Waals surface area contributed by atoms with Gasteiger partial charge in [-0.3, -0.25) is 4.79 Å². The van der Waals surface area contributed by atoms with E-state index in [2.05, 4.69) is 10.3 Å². The summed E-state index contributed by atoms with van der Waals surface area (Å²) < 4.78 is 18.2. The van der Waals surface area contributed by atoms with Crippen molar-refractivity contribution < 1.29 is 13.6 Å². The number of nitrogens with one attached hydrogen (secondary N) is 1. The Labute approximate surface area is 119 Å². The van der Waals surface area contributed by atoms with Gasteiger partial charge in [-0.05, 0) is 32.0 Å². The predicted octanol–water partition coefficient (Wildman–Crippen LogP) is 2.74. The van der Waals surface area contributed by atoms with Crippen molar-refractivity contribution in [2.75, 3.05) is 16.8 Å². The number of halogens is 1. The van der Waals surface area contributed by atoms with Crippen LogP contribution in [-0.4, -0.2) is 16.6 Å². The molecule has 106 valence electrons. The zero-order chi connectivity index (χ0) is 14.7. The molecule has 0 atom stereocenters. The fourth-order valence-electron chi connectivity index (χ4n) is 1.47. The molecule has 1 aromatic carbocycles. The number of amides is 1. The number of thioether (sulfide) groups is 1. The maximum Gasteiger partial charge on any atom is 0.256 e. The second kappa shape index (κ2) is 5.96. The van der Waals surface area contributed by atoms with Crippen LogP contribution in [0.5, 0.6) is 0 Å². The van der Waals surface area contributed by atoms with Gasteiger partial charge in [0.2, 0.25) is 5.91 Å². The summed E-state index contributed by atoms with van der Waals surface area (Å²) in [6, 6.07) is 3.82. The lowest BCUT2D eigenvalue weighted by atomic mass is 10.2. The van der Waals surface area contributed by atoms with Crippen LogP contribution in [0.3, 0.4) is 0 Å². The standard InChI is InChI=1S/C13H14FN3O2S/c1-7-8(2)19-13(16-7)20-6-12(18)17-11-4-3-9(14)5-10(11)15/h3-5H,6,15H2,1-2H3,(H,17,18). The molecular weight excluding hydrogens is 281 g/mol. The summed E-state index contributed by atoms with van der Waals surface area (Å²) in [6.07, 6.45) is 0. The minimum absolute atomic E-state index is 0.135. The summed E-state index contributed by atoms with van der Waals surface area (Å²) in [6.45, 7) is 3.65. The van der Waals surface area contributed by atoms with E-state index in [0.717, 1.165) is 17.5 Å². The normalized spacial score (nSPS) is 10.6. The van der Waals surface area contributed by atoms with Crippen molar-refractivity contribution in [3.63, 3.8) is 0 Å². The molecule has 7 heteroatoms. The van der Waals surface area contributed by atoms with Gasteiger partial charge in [0.05, 0.1) is 22.8 Å². The smallest absolute Gasteiger partial charge is 0.256 e. The van der Waals surface area contributed by atoms with Gasteiger partial charge in [0.1, 0.15) is 11.6 Å². The van der Waals surface area contributed by atoms with Crippen molar-refractivity contribution in [2.24, 2.45) is 0 Å². The van der Waals surface area contributed by atoms with Crippen molar-refractivity contribution in [3.05, 3.63) is 35.5 Å². The third-order valence-electron chi connectivity index (χ3n) is 2.62. The lowest BCUT2D eigenvalue weighted by molar-refractivity contribution is -0.113. The number of oxazole rings is 1. The first kappa shape index (κ1) is 14.4. The van der Waals surface area contributed by atoms with E-state index in [-0.39, 0.29) is 17.3 Å². The second-order valence-corrected chi connectivity index (χ2v) is 5.12. The van der Waals surface area contributed by atoms with Crippen LogP contribution < -0.4 is 11.1 Å². The van der Waals surface area contributed by atoms with Gasteiger partial charge in [-0.2, -0.15) is 0 Å². The molecule has 3 N–H and O–H groups in total.